The summed E-state index contributed by atoms with van der Waals surface area (Å²) < 4.78 is 0. The third kappa shape index (κ3) is 2.50. The van der Waals surface area contributed by atoms with Crippen molar-refractivity contribution in [2.75, 3.05) is 0 Å². The van der Waals surface area contributed by atoms with Crippen molar-refractivity contribution in [2.45, 2.75) is 64.4 Å². The van der Waals surface area contributed by atoms with E-state index in [4.69, 9.17) is 0 Å². The molecule has 82 valence electrons. The normalized spacial score (nSPS) is 45.0. The molecule has 14 heavy (non-hydrogen) atoms. The smallest absolute Gasteiger partial charge is 0.0543 e. The van der Waals surface area contributed by atoms with Crippen LogP contribution >= 0.6 is 0 Å². The van der Waals surface area contributed by atoms with Gasteiger partial charge in [-0.25, -0.2) is 0 Å². The van der Waals surface area contributed by atoms with Gasteiger partial charge in [-0.05, 0) is 49.9 Å². The van der Waals surface area contributed by atoms with Crippen LogP contribution in [0.3, 0.4) is 0 Å². The lowest BCUT2D eigenvalue weighted by Gasteiger charge is -2.36. The molecule has 2 saturated carbocycles. The molecule has 1 heteroatoms. The molecular weight excluding hydrogens is 172 g/mol. The van der Waals surface area contributed by atoms with Crippen molar-refractivity contribution in [1.29, 1.82) is 0 Å². The Kier molecular flexibility index (Phi) is 3.48. The monoisotopic (exact) mass is 196 g/mol. The standard InChI is InChI=1S/C13H24O/c1-10-5-7-11(8-6-10)12-3-2-4-13(14)9-12/h10-14H,2-9H2,1H3. The van der Waals surface area contributed by atoms with E-state index in [2.05, 4.69) is 6.92 Å². The summed E-state index contributed by atoms with van der Waals surface area (Å²) in [5, 5.41) is 9.66. The first-order chi connectivity index (χ1) is 6.75. The van der Waals surface area contributed by atoms with Gasteiger partial charge in [0.05, 0.1) is 6.10 Å². The predicted molar refractivity (Wildman–Crippen MR) is 59.1 cm³/mol. The Morgan fingerprint density at radius 2 is 1.57 bits per heavy atom. The molecule has 2 aliphatic carbocycles. The van der Waals surface area contributed by atoms with Crippen molar-refractivity contribution in [3.63, 3.8) is 0 Å². The van der Waals surface area contributed by atoms with E-state index in [1.165, 1.54) is 38.5 Å². The maximum Gasteiger partial charge on any atom is 0.0543 e. The van der Waals surface area contributed by atoms with Gasteiger partial charge in [-0.15, -0.1) is 0 Å². The van der Waals surface area contributed by atoms with E-state index in [0.29, 0.717) is 0 Å². The summed E-state index contributed by atoms with van der Waals surface area (Å²) in [6, 6.07) is 0. The fourth-order valence-corrected chi connectivity index (χ4v) is 3.39. The van der Waals surface area contributed by atoms with Crippen LogP contribution in [0.5, 0.6) is 0 Å². The van der Waals surface area contributed by atoms with Gasteiger partial charge in [-0.1, -0.05) is 26.2 Å². The molecule has 1 nitrogen and oxygen atoms in total. The first kappa shape index (κ1) is 10.5. The minimum atomic E-state index is 0.0214. The van der Waals surface area contributed by atoms with E-state index < -0.39 is 0 Å². The Labute approximate surface area is 87.9 Å². The third-order valence-electron chi connectivity index (χ3n) is 4.41. The Bertz CT molecular complexity index is 170. The fourth-order valence-electron chi connectivity index (χ4n) is 3.39. The molecule has 0 aromatic carbocycles. The van der Waals surface area contributed by atoms with Crippen LogP contribution in [0.1, 0.15) is 58.3 Å². The zero-order valence-corrected chi connectivity index (χ0v) is 9.41. The van der Waals surface area contributed by atoms with Crippen molar-refractivity contribution >= 4 is 0 Å². The van der Waals surface area contributed by atoms with E-state index in [1.807, 2.05) is 0 Å². The van der Waals surface area contributed by atoms with Gasteiger partial charge in [0.1, 0.15) is 0 Å². The first-order valence-corrected chi connectivity index (χ1v) is 6.43. The molecule has 0 aromatic heterocycles. The van der Waals surface area contributed by atoms with Crippen molar-refractivity contribution in [3.8, 4) is 0 Å². The van der Waals surface area contributed by atoms with Crippen LogP contribution < -0.4 is 0 Å². The van der Waals surface area contributed by atoms with Crippen molar-refractivity contribution in [3.05, 3.63) is 0 Å². The second-order valence-electron chi connectivity index (χ2n) is 5.60. The number of aliphatic hydroxyl groups excluding tert-OH is 1. The lowest BCUT2D eigenvalue weighted by molar-refractivity contribution is 0.0657. The van der Waals surface area contributed by atoms with Gasteiger partial charge in [0.15, 0.2) is 0 Å². The molecule has 2 fully saturated rings. The molecule has 1 N–H and O–H groups in total. The van der Waals surface area contributed by atoms with Crippen LogP contribution in [0, 0.1) is 17.8 Å². The van der Waals surface area contributed by atoms with Crippen LogP contribution in [0.15, 0.2) is 0 Å². The van der Waals surface area contributed by atoms with Gasteiger partial charge in [-0.3, -0.25) is 0 Å². The quantitative estimate of drug-likeness (QED) is 0.682. The summed E-state index contributed by atoms with van der Waals surface area (Å²) in [6.45, 7) is 2.38. The van der Waals surface area contributed by atoms with Gasteiger partial charge in [0.2, 0.25) is 0 Å². The summed E-state index contributed by atoms with van der Waals surface area (Å²) in [7, 11) is 0. The highest BCUT2D eigenvalue weighted by molar-refractivity contribution is 4.81. The van der Waals surface area contributed by atoms with Crippen LogP contribution in [-0.2, 0) is 0 Å². The lowest BCUT2D eigenvalue weighted by atomic mass is 9.71. The fraction of sp³-hybridized carbons (Fsp3) is 1.00. The van der Waals surface area contributed by atoms with Crippen molar-refractivity contribution in [2.24, 2.45) is 17.8 Å². The van der Waals surface area contributed by atoms with E-state index >= 15 is 0 Å². The second-order valence-corrected chi connectivity index (χ2v) is 5.60. The molecule has 0 aliphatic heterocycles. The topological polar surface area (TPSA) is 20.2 Å². The molecule has 2 aliphatic rings. The largest absolute Gasteiger partial charge is 0.393 e. The molecule has 0 radical (unpaired) electrons. The molecular formula is C13H24O. The molecule has 2 rings (SSSR count). The molecule has 0 amide bonds. The zero-order chi connectivity index (χ0) is 9.97. The van der Waals surface area contributed by atoms with Crippen LogP contribution in [0.4, 0.5) is 0 Å². The van der Waals surface area contributed by atoms with E-state index in [1.54, 1.807) is 0 Å². The molecule has 0 spiro atoms. The first-order valence-electron chi connectivity index (χ1n) is 6.43. The minimum Gasteiger partial charge on any atom is -0.393 e. The van der Waals surface area contributed by atoms with Gasteiger partial charge in [0.25, 0.3) is 0 Å². The average Bonchev–Trinajstić information content (AvgIpc) is 2.19. The highest BCUT2D eigenvalue weighted by Gasteiger charge is 2.29. The zero-order valence-electron chi connectivity index (χ0n) is 9.41. The SMILES string of the molecule is CC1CCC(C2CCCC(O)C2)CC1. The van der Waals surface area contributed by atoms with Crippen LogP contribution in [0.25, 0.3) is 0 Å². The highest BCUT2D eigenvalue weighted by Crippen LogP contribution is 2.39. The van der Waals surface area contributed by atoms with Gasteiger partial charge < -0.3 is 5.11 Å². The van der Waals surface area contributed by atoms with E-state index in [0.717, 1.165) is 30.6 Å². The van der Waals surface area contributed by atoms with E-state index in [-0.39, 0.29) is 6.10 Å². The molecule has 0 heterocycles. The lowest BCUT2D eigenvalue weighted by Crippen LogP contribution is -2.28. The molecule has 0 bridgehead atoms. The van der Waals surface area contributed by atoms with Crippen LogP contribution in [0.2, 0.25) is 0 Å². The second kappa shape index (κ2) is 4.65. The Morgan fingerprint density at radius 3 is 2.21 bits per heavy atom. The minimum absolute atomic E-state index is 0.0214. The van der Waals surface area contributed by atoms with Crippen LogP contribution in [-0.4, -0.2) is 11.2 Å². The van der Waals surface area contributed by atoms with E-state index in [9.17, 15) is 5.11 Å². The predicted octanol–water partition coefficient (Wildman–Crippen LogP) is 3.36. The molecule has 2 unspecified atom stereocenters. The Balaban J connectivity index is 1.82. The Morgan fingerprint density at radius 1 is 0.857 bits per heavy atom. The Hall–Kier alpha value is -0.0400. The maximum atomic E-state index is 9.66. The van der Waals surface area contributed by atoms with Crippen molar-refractivity contribution in [1.82, 2.24) is 0 Å². The number of rotatable bonds is 1. The highest BCUT2D eigenvalue weighted by atomic mass is 16.3. The van der Waals surface area contributed by atoms with Gasteiger partial charge in [-0.2, -0.15) is 0 Å². The summed E-state index contributed by atoms with van der Waals surface area (Å²) >= 11 is 0. The maximum absolute atomic E-state index is 9.66. The third-order valence-corrected chi connectivity index (χ3v) is 4.41. The molecule has 0 saturated heterocycles. The van der Waals surface area contributed by atoms with Gasteiger partial charge >= 0.3 is 0 Å². The molecule has 2 atom stereocenters. The van der Waals surface area contributed by atoms with Gasteiger partial charge in [0, 0.05) is 0 Å². The summed E-state index contributed by atoms with van der Waals surface area (Å²) in [6.07, 6.45) is 10.5. The number of aliphatic hydroxyl groups is 1. The summed E-state index contributed by atoms with van der Waals surface area (Å²) in [5.41, 5.74) is 0. The summed E-state index contributed by atoms with van der Waals surface area (Å²) in [4.78, 5) is 0. The number of hydrogen-bond donors (Lipinski definition) is 1. The molecule has 0 aromatic rings. The summed E-state index contributed by atoms with van der Waals surface area (Å²) in [5.74, 6) is 2.76. The van der Waals surface area contributed by atoms with Crippen molar-refractivity contribution < 1.29 is 5.11 Å². The average molecular weight is 196 g/mol. The number of hydrogen-bond acceptors (Lipinski definition) is 1.